The number of ether oxygens (including phenoxy) is 1. The van der Waals surface area contributed by atoms with Crippen molar-refractivity contribution >= 4 is 11.9 Å². The van der Waals surface area contributed by atoms with Gasteiger partial charge in [0.25, 0.3) is 0 Å². The molecule has 0 unspecified atom stereocenters. The highest BCUT2D eigenvalue weighted by Gasteiger charge is 2.18. The van der Waals surface area contributed by atoms with Crippen LogP contribution in [0.3, 0.4) is 0 Å². The van der Waals surface area contributed by atoms with Gasteiger partial charge in [0.1, 0.15) is 0 Å². The van der Waals surface area contributed by atoms with E-state index in [1.54, 1.807) is 6.92 Å². The molecule has 0 bridgehead atoms. The first-order valence-electron chi connectivity index (χ1n) is 5.61. The van der Waals surface area contributed by atoms with Gasteiger partial charge in [-0.15, -0.1) is 0 Å². The van der Waals surface area contributed by atoms with Crippen molar-refractivity contribution in [2.75, 3.05) is 33.8 Å². The van der Waals surface area contributed by atoms with Crippen LogP contribution < -0.4 is 0 Å². The Morgan fingerprint density at radius 1 is 1.29 bits per heavy atom. The zero-order valence-electron chi connectivity index (χ0n) is 10.9. The molecule has 0 rings (SSSR count). The summed E-state index contributed by atoms with van der Waals surface area (Å²) in [5.74, 6) is -1.17. The number of carboxylic acids is 1. The van der Waals surface area contributed by atoms with Gasteiger partial charge in [0.05, 0.1) is 27.2 Å². The van der Waals surface area contributed by atoms with E-state index in [1.165, 1.54) is 0 Å². The van der Waals surface area contributed by atoms with Gasteiger partial charge in [-0.3, -0.25) is 0 Å². The van der Waals surface area contributed by atoms with Crippen LogP contribution in [0.4, 0.5) is 0 Å². The summed E-state index contributed by atoms with van der Waals surface area (Å²) in [6.07, 6.45) is 1.56. The molecule has 0 radical (unpaired) electrons. The molecule has 98 valence electrons. The average Bonchev–Trinajstić information content (AvgIpc) is 2.14. The van der Waals surface area contributed by atoms with Crippen molar-refractivity contribution in [3.8, 4) is 0 Å². The third-order valence-corrected chi connectivity index (χ3v) is 2.30. The van der Waals surface area contributed by atoms with Gasteiger partial charge in [-0.1, -0.05) is 6.58 Å². The first-order chi connectivity index (χ1) is 7.74. The summed E-state index contributed by atoms with van der Waals surface area (Å²) in [5.41, 5.74) is 0.395. The molecule has 0 aliphatic heterocycles. The molecule has 0 aromatic heterocycles. The van der Waals surface area contributed by atoms with Gasteiger partial charge in [-0.25, -0.2) is 9.59 Å². The quantitative estimate of drug-likeness (QED) is 0.300. The Morgan fingerprint density at radius 3 is 2.35 bits per heavy atom. The molecule has 1 N–H and O–H groups in total. The lowest BCUT2D eigenvalue weighted by atomic mass is 10.3. The predicted molar refractivity (Wildman–Crippen MR) is 64.5 cm³/mol. The second-order valence-electron chi connectivity index (χ2n) is 4.83. The Morgan fingerprint density at radius 2 is 1.88 bits per heavy atom. The van der Waals surface area contributed by atoms with E-state index in [0.29, 0.717) is 16.7 Å². The van der Waals surface area contributed by atoms with E-state index in [4.69, 9.17) is 9.84 Å². The number of rotatable bonds is 8. The molecule has 0 amide bonds. The zero-order valence-corrected chi connectivity index (χ0v) is 10.9. The SMILES string of the molecule is C=C(C)C(=O)OCCCC[N+](C)(C)CC(=O)O. The molecular formula is C12H22NO4+. The molecule has 0 aromatic carbocycles. The standard InChI is InChI=1S/C12H21NO4/c1-10(2)12(16)17-8-6-5-7-13(3,4)9-11(14)15/h1,5-9H2,2-4H3/p+1. The molecule has 17 heavy (non-hydrogen) atoms. The highest BCUT2D eigenvalue weighted by atomic mass is 16.5. The third-order valence-electron chi connectivity index (χ3n) is 2.30. The van der Waals surface area contributed by atoms with Gasteiger partial charge < -0.3 is 14.3 Å². The summed E-state index contributed by atoms with van der Waals surface area (Å²) in [7, 11) is 3.74. The number of carboxylic acid groups (broad SMARTS) is 1. The normalized spacial score (nSPS) is 11.0. The second kappa shape index (κ2) is 7.06. The number of likely N-dealkylation sites (N-methyl/N-ethyl adjacent to an activating group) is 1. The minimum Gasteiger partial charge on any atom is -0.477 e. The average molecular weight is 244 g/mol. The number of quaternary nitrogens is 1. The minimum absolute atomic E-state index is 0.103. The fourth-order valence-electron chi connectivity index (χ4n) is 1.38. The molecule has 0 heterocycles. The van der Waals surface area contributed by atoms with Crippen molar-refractivity contribution in [3.63, 3.8) is 0 Å². The first kappa shape index (κ1) is 15.6. The lowest BCUT2D eigenvalue weighted by molar-refractivity contribution is -0.883. The molecule has 0 saturated heterocycles. The molecular weight excluding hydrogens is 222 g/mol. The predicted octanol–water partition coefficient (Wildman–Crippen LogP) is 1.05. The summed E-state index contributed by atoms with van der Waals surface area (Å²) >= 11 is 0. The third kappa shape index (κ3) is 8.45. The molecule has 0 atom stereocenters. The Labute approximate surface area is 102 Å². The number of carbonyl (C=O) groups excluding carboxylic acids is 1. The second-order valence-corrected chi connectivity index (χ2v) is 4.83. The smallest absolute Gasteiger partial charge is 0.359 e. The Bertz CT molecular complexity index is 297. The van der Waals surface area contributed by atoms with Crippen molar-refractivity contribution in [2.45, 2.75) is 19.8 Å². The van der Waals surface area contributed by atoms with E-state index in [0.717, 1.165) is 19.4 Å². The lowest BCUT2D eigenvalue weighted by Crippen LogP contribution is -2.44. The number of unbranched alkanes of at least 4 members (excludes halogenated alkanes) is 1. The largest absolute Gasteiger partial charge is 0.477 e. The Balaban J connectivity index is 3.67. The van der Waals surface area contributed by atoms with Crippen LogP contribution >= 0.6 is 0 Å². The number of carbonyl (C=O) groups is 2. The van der Waals surface area contributed by atoms with Crippen LogP contribution in [0.5, 0.6) is 0 Å². The highest BCUT2D eigenvalue weighted by molar-refractivity contribution is 5.86. The molecule has 0 aliphatic carbocycles. The summed E-state index contributed by atoms with van der Waals surface area (Å²) in [6.45, 7) is 6.30. The van der Waals surface area contributed by atoms with E-state index in [9.17, 15) is 9.59 Å². The number of aliphatic carboxylic acids is 1. The van der Waals surface area contributed by atoms with Crippen LogP contribution in [-0.4, -0.2) is 55.3 Å². The number of esters is 1. The molecule has 0 aliphatic rings. The fourth-order valence-corrected chi connectivity index (χ4v) is 1.38. The first-order valence-corrected chi connectivity index (χ1v) is 5.61. The van der Waals surface area contributed by atoms with Gasteiger partial charge >= 0.3 is 11.9 Å². The number of hydrogen-bond donors (Lipinski definition) is 1. The van der Waals surface area contributed by atoms with Gasteiger partial charge in [0.2, 0.25) is 0 Å². The van der Waals surface area contributed by atoms with Crippen molar-refractivity contribution in [1.29, 1.82) is 0 Å². The summed E-state index contributed by atoms with van der Waals surface area (Å²) in [5, 5.41) is 8.69. The maximum atomic E-state index is 11.0. The minimum atomic E-state index is -0.802. The van der Waals surface area contributed by atoms with Crippen LogP contribution in [-0.2, 0) is 14.3 Å². The monoisotopic (exact) mass is 244 g/mol. The van der Waals surface area contributed by atoms with Crippen LogP contribution in [0.25, 0.3) is 0 Å². The number of nitrogens with zero attached hydrogens (tertiary/aromatic N) is 1. The van der Waals surface area contributed by atoms with E-state index in [2.05, 4.69) is 6.58 Å². The Hall–Kier alpha value is -1.36. The van der Waals surface area contributed by atoms with Crippen molar-refractivity contribution < 1.29 is 23.9 Å². The Kier molecular flexibility index (Phi) is 6.50. The van der Waals surface area contributed by atoms with Gasteiger partial charge in [-0.2, -0.15) is 0 Å². The summed E-state index contributed by atoms with van der Waals surface area (Å²) in [4.78, 5) is 21.6. The fraction of sp³-hybridized carbons (Fsp3) is 0.667. The molecule has 5 nitrogen and oxygen atoms in total. The molecule has 0 saturated carbocycles. The van der Waals surface area contributed by atoms with E-state index in [-0.39, 0.29) is 12.5 Å². The topological polar surface area (TPSA) is 63.6 Å². The van der Waals surface area contributed by atoms with E-state index < -0.39 is 5.97 Å². The van der Waals surface area contributed by atoms with Crippen LogP contribution in [0.1, 0.15) is 19.8 Å². The number of hydrogen-bond acceptors (Lipinski definition) is 3. The van der Waals surface area contributed by atoms with Crippen LogP contribution in [0, 0.1) is 0 Å². The van der Waals surface area contributed by atoms with Gasteiger partial charge in [-0.05, 0) is 19.8 Å². The van der Waals surface area contributed by atoms with Crippen LogP contribution in [0.15, 0.2) is 12.2 Å². The van der Waals surface area contributed by atoms with Crippen molar-refractivity contribution in [3.05, 3.63) is 12.2 Å². The van der Waals surface area contributed by atoms with Crippen molar-refractivity contribution in [1.82, 2.24) is 0 Å². The maximum Gasteiger partial charge on any atom is 0.359 e. The van der Waals surface area contributed by atoms with Gasteiger partial charge in [0.15, 0.2) is 6.54 Å². The maximum absolute atomic E-state index is 11.0. The van der Waals surface area contributed by atoms with E-state index in [1.807, 2.05) is 14.1 Å². The molecule has 0 fully saturated rings. The molecule has 0 aromatic rings. The van der Waals surface area contributed by atoms with Crippen LogP contribution in [0.2, 0.25) is 0 Å². The highest BCUT2D eigenvalue weighted by Crippen LogP contribution is 2.02. The van der Waals surface area contributed by atoms with Crippen molar-refractivity contribution in [2.24, 2.45) is 0 Å². The lowest BCUT2D eigenvalue weighted by Gasteiger charge is -2.27. The summed E-state index contributed by atoms with van der Waals surface area (Å²) in [6, 6.07) is 0. The van der Waals surface area contributed by atoms with Gasteiger partial charge in [0, 0.05) is 5.57 Å². The zero-order chi connectivity index (χ0) is 13.5. The summed E-state index contributed by atoms with van der Waals surface area (Å²) < 4.78 is 5.37. The molecule has 0 spiro atoms. The molecule has 5 heteroatoms. The van der Waals surface area contributed by atoms with E-state index >= 15 is 0 Å².